The Bertz CT molecular complexity index is 541. The average molecular weight is 249 g/mol. The normalized spacial score (nSPS) is 10.5. The van der Waals surface area contributed by atoms with Crippen LogP contribution < -0.4 is 0 Å². The molecule has 0 N–H and O–H groups in total. The van der Waals surface area contributed by atoms with E-state index in [4.69, 9.17) is 11.6 Å². The topological polar surface area (TPSA) is 34.9 Å². The van der Waals surface area contributed by atoms with Gasteiger partial charge in [-0.15, -0.1) is 0 Å². The molecule has 0 fully saturated rings. The predicted molar refractivity (Wildman–Crippen MR) is 67.6 cm³/mol. The molecule has 0 atom stereocenters. The zero-order valence-electron chi connectivity index (χ0n) is 9.77. The van der Waals surface area contributed by atoms with Gasteiger partial charge in [0.1, 0.15) is 12.1 Å². The van der Waals surface area contributed by atoms with Crippen LogP contribution in [0.5, 0.6) is 0 Å². The molecule has 0 bridgehead atoms. The van der Waals surface area contributed by atoms with Crippen LogP contribution in [0, 0.1) is 13.8 Å². The standard InChI is InChI=1S/C13H13ClN2O/c1-9-6-15-10(2)16(9)7-12-4-3-11(8-17)5-13(12)14/h3-6,8H,7H2,1-2H3. The summed E-state index contributed by atoms with van der Waals surface area (Å²) in [5, 5.41) is 0.613. The Balaban J connectivity index is 2.33. The van der Waals surface area contributed by atoms with Crippen LogP contribution in [0.25, 0.3) is 0 Å². The molecule has 0 saturated carbocycles. The molecule has 0 aliphatic rings. The number of imidazole rings is 1. The zero-order chi connectivity index (χ0) is 12.4. The fourth-order valence-electron chi connectivity index (χ4n) is 1.76. The van der Waals surface area contributed by atoms with Crippen LogP contribution >= 0.6 is 11.6 Å². The summed E-state index contributed by atoms with van der Waals surface area (Å²) >= 11 is 6.14. The van der Waals surface area contributed by atoms with E-state index in [0.29, 0.717) is 17.1 Å². The SMILES string of the molecule is Cc1cnc(C)n1Cc1ccc(C=O)cc1Cl. The highest BCUT2D eigenvalue weighted by Gasteiger charge is 2.06. The number of hydrogen-bond acceptors (Lipinski definition) is 2. The molecule has 0 saturated heterocycles. The van der Waals surface area contributed by atoms with E-state index in [9.17, 15) is 4.79 Å². The van der Waals surface area contributed by atoms with E-state index < -0.39 is 0 Å². The van der Waals surface area contributed by atoms with Gasteiger partial charge in [0.25, 0.3) is 0 Å². The fourth-order valence-corrected chi connectivity index (χ4v) is 2.00. The van der Waals surface area contributed by atoms with E-state index in [0.717, 1.165) is 23.4 Å². The summed E-state index contributed by atoms with van der Waals surface area (Å²) in [5.41, 5.74) is 2.68. The minimum Gasteiger partial charge on any atom is -0.328 e. The van der Waals surface area contributed by atoms with Crippen molar-refractivity contribution in [2.24, 2.45) is 0 Å². The highest BCUT2D eigenvalue weighted by atomic mass is 35.5. The van der Waals surface area contributed by atoms with Gasteiger partial charge < -0.3 is 4.57 Å². The van der Waals surface area contributed by atoms with Crippen LogP contribution in [0.3, 0.4) is 0 Å². The molecule has 4 heteroatoms. The summed E-state index contributed by atoms with van der Waals surface area (Å²) in [4.78, 5) is 14.9. The maximum Gasteiger partial charge on any atom is 0.150 e. The monoisotopic (exact) mass is 248 g/mol. The van der Waals surface area contributed by atoms with Crippen LogP contribution in [0.1, 0.15) is 27.4 Å². The molecule has 17 heavy (non-hydrogen) atoms. The van der Waals surface area contributed by atoms with Crippen molar-refractivity contribution >= 4 is 17.9 Å². The van der Waals surface area contributed by atoms with Crippen LogP contribution in [0.2, 0.25) is 5.02 Å². The van der Waals surface area contributed by atoms with Gasteiger partial charge in [-0.3, -0.25) is 4.79 Å². The third-order valence-corrected chi connectivity index (χ3v) is 3.15. The Kier molecular flexibility index (Phi) is 3.29. The van der Waals surface area contributed by atoms with Crippen LogP contribution in [-0.2, 0) is 6.54 Å². The second-order valence-electron chi connectivity index (χ2n) is 4.00. The van der Waals surface area contributed by atoms with Crippen molar-refractivity contribution in [1.29, 1.82) is 0 Å². The summed E-state index contributed by atoms with van der Waals surface area (Å²) in [5.74, 6) is 0.957. The molecule has 3 nitrogen and oxygen atoms in total. The lowest BCUT2D eigenvalue weighted by atomic mass is 10.1. The molecule has 0 radical (unpaired) electrons. The number of benzene rings is 1. The van der Waals surface area contributed by atoms with E-state index in [2.05, 4.69) is 9.55 Å². The summed E-state index contributed by atoms with van der Waals surface area (Å²) < 4.78 is 2.09. The number of carbonyl (C=O) groups is 1. The van der Waals surface area contributed by atoms with Crippen LogP contribution in [-0.4, -0.2) is 15.8 Å². The summed E-state index contributed by atoms with van der Waals surface area (Å²) in [7, 11) is 0. The summed E-state index contributed by atoms with van der Waals surface area (Å²) in [6.45, 7) is 4.64. The molecule has 1 aromatic heterocycles. The van der Waals surface area contributed by atoms with Crippen LogP contribution in [0.15, 0.2) is 24.4 Å². The third kappa shape index (κ3) is 2.39. The molecule has 0 amide bonds. The first-order valence-electron chi connectivity index (χ1n) is 5.34. The van der Waals surface area contributed by atoms with Gasteiger partial charge in [0, 0.05) is 22.5 Å². The van der Waals surface area contributed by atoms with Crippen molar-refractivity contribution in [3.63, 3.8) is 0 Å². The van der Waals surface area contributed by atoms with Crippen molar-refractivity contribution < 1.29 is 4.79 Å². The number of aryl methyl sites for hydroxylation is 2. The molecule has 0 aliphatic carbocycles. The highest BCUT2D eigenvalue weighted by molar-refractivity contribution is 6.31. The first-order chi connectivity index (χ1) is 8.11. The van der Waals surface area contributed by atoms with Gasteiger partial charge in [0.15, 0.2) is 0 Å². The van der Waals surface area contributed by atoms with Crippen molar-refractivity contribution in [3.8, 4) is 0 Å². The lowest BCUT2D eigenvalue weighted by molar-refractivity contribution is 0.112. The maximum atomic E-state index is 10.6. The van der Waals surface area contributed by atoms with Gasteiger partial charge in [0.2, 0.25) is 0 Å². The molecular formula is C13H13ClN2O. The molecule has 0 aliphatic heterocycles. The van der Waals surface area contributed by atoms with Crippen LogP contribution in [0.4, 0.5) is 0 Å². The van der Waals surface area contributed by atoms with E-state index in [1.165, 1.54) is 0 Å². The Hall–Kier alpha value is -1.61. The molecule has 1 heterocycles. The number of carbonyl (C=O) groups excluding carboxylic acids is 1. The number of hydrogen-bond donors (Lipinski definition) is 0. The number of aromatic nitrogens is 2. The molecule has 2 aromatic rings. The number of aldehydes is 1. The second kappa shape index (κ2) is 4.72. The van der Waals surface area contributed by atoms with Gasteiger partial charge in [-0.25, -0.2) is 4.98 Å². The molecule has 2 rings (SSSR count). The van der Waals surface area contributed by atoms with Gasteiger partial charge >= 0.3 is 0 Å². The fraction of sp³-hybridized carbons (Fsp3) is 0.231. The predicted octanol–water partition coefficient (Wildman–Crippen LogP) is 3.01. The number of nitrogens with zero attached hydrogens (tertiary/aromatic N) is 2. The summed E-state index contributed by atoms with van der Waals surface area (Å²) in [6, 6.07) is 5.34. The average Bonchev–Trinajstić information content (AvgIpc) is 2.63. The van der Waals surface area contributed by atoms with Gasteiger partial charge in [-0.1, -0.05) is 23.7 Å². The number of rotatable bonds is 3. The quantitative estimate of drug-likeness (QED) is 0.783. The maximum absolute atomic E-state index is 10.6. The largest absolute Gasteiger partial charge is 0.328 e. The highest BCUT2D eigenvalue weighted by Crippen LogP contribution is 2.19. The lowest BCUT2D eigenvalue weighted by Crippen LogP contribution is -2.04. The first-order valence-corrected chi connectivity index (χ1v) is 5.72. The third-order valence-electron chi connectivity index (χ3n) is 2.80. The van der Waals surface area contributed by atoms with E-state index in [-0.39, 0.29) is 0 Å². The van der Waals surface area contributed by atoms with Gasteiger partial charge in [0.05, 0.1) is 6.54 Å². The smallest absolute Gasteiger partial charge is 0.150 e. The minimum atomic E-state index is 0.595. The Morgan fingerprint density at radius 3 is 2.71 bits per heavy atom. The Morgan fingerprint density at radius 2 is 2.18 bits per heavy atom. The van der Waals surface area contributed by atoms with E-state index in [1.54, 1.807) is 12.1 Å². The summed E-state index contributed by atoms with van der Waals surface area (Å²) in [6.07, 6.45) is 2.63. The Morgan fingerprint density at radius 1 is 1.41 bits per heavy atom. The lowest BCUT2D eigenvalue weighted by Gasteiger charge is -2.09. The first kappa shape index (κ1) is 11.9. The second-order valence-corrected chi connectivity index (χ2v) is 4.41. The molecular weight excluding hydrogens is 236 g/mol. The zero-order valence-corrected chi connectivity index (χ0v) is 10.5. The molecule has 1 aromatic carbocycles. The number of halogens is 1. The van der Waals surface area contributed by atoms with E-state index in [1.807, 2.05) is 26.1 Å². The molecule has 0 spiro atoms. The minimum absolute atomic E-state index is 0.595. The van der Waals surface area contributed by atoms with Crippen molar-refractivity contribution in [2.45, 2.75) is 20.4 Å². The van der Waals surface area contributed by atoms with Crippen molar-refractivity contribution in [1.82, 2.24) is 9.55 Å². The van der Waals surface area contributed by atoms with E-state index >= 15 is 0 Å². The Labute approximate surface area is 105 Å². The van der Waals surface area contributed by atoms with Crippen molar-refractivity contribution in [3.05, 3.63) is 52.1 Å². The van der Waals surface area contributed by atoms with Gasteiger partial charge in [-0.05, 0) is 25.5 Å². The van der Waals surface area contributed by atoms with Gasteiger partial charge in [-0.2, -0.15) is 0 Å². The molecule has 0 unspecified atom stereocenters. The molecule has 88 valence electrons. The van der Waals surface area contributed by atoms with Crippen molar-refractivity contribution in [2.75, 3.05) is 0 Å².